The van der Waals surface area contributed by atoms with E-state index in [0.29, 0.717) is 16.9 Å². The predicted molar refractivity (Wildman–Crippen MR) is 155 cm³/mol. The van der Waals surface area contributed by atoms with Crippen LogP contribution < -0.4 is 5.32 Å². The van der Waals surface area contributed by atoms with E-state index in [4.69, 9.17) is 0 Å². The minimum atomic E-state index is -4.13. The number of benzene rings is 2. The van der Waals surface area contributed by atoms with Crippen LogP contribution in [0.3, 0.4) is 0 Å². The van der Waals surface area contributed by atoms with Crippen molar-refractivity contribution in [2.24, 2.45) is 5.92 Å². The first-order valence-electron chi connectivity index (χ1n) is 13.3. The molecule has 0 fully saturated rings. The van der Waals surface area contributed by atoms with Crippen molar-refractivity contribution in [2.75, 3.05) is 13.1 Å². The lowest BCUT2D eigenvalue weighted by Gasteiger charge is -2.30. The van der Waals surface area contributed by atoms with Gasteiger partial charge in [-0.2, -0.15) is 4.31 Å². The largest absolute Gasteiger partial charge is 0.390 e. The lowest BCUT2D eigenvalue weighted by atomic mass is 10.0. The van der Waals surface area contributed by atoms with E-state index in [9.17, 15) is 28.4 Å². The molecule has 0 bridgehead atoms. The molecule has 2 atom stereocenters. The Kier molecular flexibility index (Phi) is 9.60. The number of aromatic nitrogens is 4. The molecule has 222 valence electrons. The van der Waals surface area contributed by atoms with Gasteiger partial charge in [-0.05, 0) is 37.0 Å². The summed E-state index contributed by atoms with van der Waals surface area (Å²) in [5.74, 6) is -0.508. The fourth-order valence-corrected chi connectivity index (χ4v) is 6.20. The van der Waals surface area contributed by atoms with Crippen LogP contribution in [0.15, 0.2) is 72.1 Å². The molecule has 13 nitrogen and oxygen atoms in total. The van der Waals surface area contributed by atoms with Gasteiger partial charge in [-0.15, -0.1) is 0 Å². The number of carbonyl (C=O) groups excluding carboxylic acids is 1. The highest BCUT2D eigenvalue weighted by Crippen LogP contribution is 2.22. The fourth-order valence-electron chi connectivity index (χ4n) is 4.57. The molecule has 42 heavy (non-hydrogen) atoms. The highest BCUT2D eigenvalue weighted by Gasteiger charge is 2.31. The molecule has 14 heteroatoms. The second-order valence-corrected chi connectivity index (χ2v) is 12.3. The average Bonchev–Trinajstić information content (AvgIpc) is 3.36. The second kappa shape index (κ2) is 13.1. The quantitative estimate of drug-likeness (QED) is 0.174. The number of nitro groups is 1. The van der Waals surface area contributed by atoms with Crippen LogP contribution in [0, 0.1) is 23.0 Å². The first-order chi connectivity index (χ1) is 20.0. The van der Waals surface area contributed by atoms with E-state index in [0.717, 1.165) is 22.0 Å². The van der Waals surface area contributed by atoms with Crippen molar-refractivity contribution in [3.63, 3.8) is 0 Å². The van der Waals surface area contributed by atoms with Gasteiger partial charge in [-0.25, -0.2) is 23.4 Å². The van der Waals surface area contributed by atoms with Gasteiger partial charge in [-0.3, -0.25) is 14.9 Å². The molecule has 2 heterocycles. The molecule has 2 aromatic heterocycles. The molecular formula is C28H33N7O6S. The van der Waals surface area contributed by atoms with Crippen molar-refractivity contribution >= 4 is 32.8 Å². The number of fused-ring (bicyclic) bond motifs is 1. The number of amides is 1. The Hall–Kier alpha value is -4.27. The van der Waals surface area contributed by atoms with E-state index < -0.39 is 33.0 Å². The first-order valence-corrected chi connectivity index (χ1v) is 14.8. The third kappa shape index (κ3) is 7.32. The number of nitro benzene ring substituents is 1. The summed E-state index contributed by atoms with van der Waals surface area (Å²) < 4.78 is 29.9. The summed E-state index contributed by atoms with van der Waals surface area (Å²) in [5.41, 5.74) is 2.35. The van der Waals surface area contributed by atoms with E-state index in [1.807, 2.05) is 44.2 Å². The van der Waals surface area contributed by atoms with E-state index in [-0.39, 0.29) is 42.6 Å². The van der Waals surface area contributed by atoms with Crippen LogP contribution >= 0.6 is 0 Å². The third-order valence-corrected chi connectivity index (χ3v) is 8.50. The third-order valence-electron chi connectivity index (χ3n) is 6.65. The van der Waals surface area contributed by atoms with Gasteiger partial charge in [0.2, 0.25) is 15.9 Å². The normalized spacial score (nSPS) is 13.4. The van der Waals surface area contributed by atoms with Crippen molar-refractivity contribution in [1.29, 1.82) is 0 Å². The maximum Gasteiger partial charge on any atom is 0.269 e. The summed E-state index contributed by atoms with van der Waals surface area (Å²) in [6.45, 7) is 5.13. The van der Waals surface area contributed by atoms with E-state index in [2.05, 4.69) is 20.3 Å². The maximum absolute atomic E-state index is 13.6. The standard InChI is InChI=1S/C28H33N7O6S/c1-19(2)14-34(42(40,41)23-11-9-22(10-12-23)35(38)39)15-25(36)24(13-21-7-5-4-6-8-21)32-26(37)16-33-18-31-27-20(3)29-17-30-28(27)33/h4-12,17-19,24-25,36H,13-16H2,1-3H3,(H,32,37)/t24-,25+/m0/s1. The number of aryl methyl sites for hydroxylation is 1. The summed E-state index contributed by atoms with van der Waals surface area (Å²) in [6, 6.07) is 13.0. The number of nitrogens with one attached hydrogen (secondary N) is 1. The van der Waals surface area contributed by atoms with Gasteiger partial charge >= 0.3 is 0 Å². The summed E-state index contributed by atoms with van der Waals surface area (Å²) in [6.07, 6.45) is 1.84. The van der Waals surface area contributed by atoms with Gasteiger partial charge < -0.3 is 15.0 Å². The number of sulfonamides is 1. The summed E-state index contributed by atoms with van der Waals surface area (Å²) >= 11 is 0. The maximum atomic E-state index is 13.6. The topological polar surface area (TPSA) is 173 Å². The van der Waals surface area contributed by atoms with Gasteiger partial charge in [-0.1, -0.05) is 44.2 Å². The molecule has 4 aromatic rings. The van der Waals surface area contributed by atoms with E-state index in [1.54, 1.807) is 11.5 Å². The van der Waals surface area contributed by atoms with Crippen LogP contribution in [0.1, 0.15) is 25.1 Å². The van der Waals surface area contributed by atoms with Crippen LogP contribution in [0.4, 0.5) is 5.69 Å². The van der Waals surface area contributed by atoms with Crippen molar-refractivity contribution in [2.45, 2.75) is 50.8 Å². The molecule has 4 rings (SSSR count). The number of aliphatic hydroxyl groups excluding tert-OH is 1. The van der Waals surface area contributed by atoms with Crippen LogP contribution in [-0.4, -0.2) is 73.4 Å². The molecule has 0 saturated carbocycles. The summed E-state index contributed by atoms with van der Waals surface area (Å²) in [5, 5.41) is 25.3. The fraction of sp³-hybridized carbons (Fsp3) is 0.357. The second-order valence-electron chi connectivity index (χ2n) is 10.4. The van der Waals surface area contributed by atoms with Crippen molar-refractivity contribution < 1.29 is 23.2 Å². The van der Waals surface area contributed by atoms with E-state index in [1.165, 1.54) is 24.8 Å². The highest BCUT2D eigenvalue weighted by atomic mass is 32.2. The lowest BCUT2D eigenvalue weighted by molar-refractivity contribution is -0.384. The zero-order valence-corrected chi connectivity index (χ0v) is 24.3. The molecule has 0 radical (unpaired) electrons. The van der Waals surface area contributed by atoms with Gasteiger partial charge in [0.25, 0.3) is 5.69 Å². The Morgan fingerprint density at radius 3 is 2.40 bits per heavy atom. The first kappa shape index (κ1) is 30.7. The number of carbonyl (C=O) groups is 1. The molecule has 0 aliphatic carbocycles. The van der Waals surface area contributed by atoms with Gasteiger partial charge in [0, 0.05) is 25.2 Å². The smallest absolute Gasteiger partial charge is 0.269 e. The summed E-state index contributed by atoms with van der Waals surface area (Å²) in [7, 11) is -4.13. The predicted octanol–water partition coefficient (Wildman–Crippen LogP) is 2.48. The number of rotatable bonds is 13. The van der Waals surface area contributed by atoms with Gasteiger partial charge in [0.1, 0.15) is 18.4 Å². The Bertz CT molecular complexity index is 1640. The molecule has 0 aliphatic rings. The van der Waals surface area contributed by atoms with Gasteiger partial charge in [0.15, 0.2) is 5.65 Å². The number of aliphatic hydroxyl groups is 1. The Balaban J connectivity index is 1.57. The number of imidazole rings is 1. The molecule has 2 N–H and O–H groups in total. The molecule has 0 unspecified atom stereocenters. The zero-order chi connectivity index (χ0) is 30.4. The highest BCUT2D eigenvalue weighted by molar-refractivity contribution is 7.89. The minimum Gasteiger partial charge on any atom is -0.390 e. The molecule has 2 aromatic carbocycles. The van der Waals surface area contributed by atoms with Crippen molar-refractivity contribution in [1.82, 2.24) is 29.1 Å². The number of non-ortho nitro benzene ring substituents is 1. The Morgan fingerprint density at radius 1 is 1.07 bits per heavy atom. The summed E-state index contributed by atoms with van der Waals surface area (Å²) in [4.78, 5) is 36.1. The van der Waals surface area contributed by atoms with Crippen LogP contribution in [0.2, 0.25) is 0 Å². The van der Waals surface area contributed by atoms with Crippen molar-refractivity contribution in [3.8, 4) is 0 Å². The number of hydrogen-bond acceptors (Lipinski definition) is 9. The van der Waals surface area contributed by atoms with E-state index >= 15 is 0 Å². The average molecular weight is 596 g/mol. The molecule has 1 amide bonds. The number of hydrogen-bond donors (Lipinski definition) is 2. The zero-order valence-electron chi connectivity index (χ0n) is 23.5. The molecule has 0 aliphatic heterocycles. The minimum absolute atomic E-state index is 0.0858. The van der Waals surface area contributed by atoms with Crippen molar-refractivity contribution in [3.05, 3.63) is 88.6 Å². The molecule has 0 spiro atoms. The van der Waals surface area contributed by atoms with Gasteiger partial charge in [0.05, 0.1) is 34.0 Å². The number of nitrogens with zero attached hydrogens (tertiary/aromatic N) is 6. The van der Waals surface area contributed by atoms with Crippen LogP contribution in [-0.2, 0) is 27.8 Å². The SMILES string of the molecule is Cc1ncnc2c1ncn2CC(=O)N[C@@H](Cc1ccccc1)[C@H](O)CN(CC(C)C)S(=O)(=O)c1ccc([N+](=O)[O-])cc1. The molecule has 0 saturated heterocycles. The molecular weight excluding hydrogens is 562 g/mol. The Morgan fingerprint density at radius 2 is 1.76 bits per heavy atom. The lowest BCUT2D eigenvalue weighted by Crippen LogP contribution is -2.51. The van der Waals surface area contributed by atoms with Crippen LogP contribution in [0.5, 0.6) is 0 Å². The monoisotopic (exact) mass is 595 g/mol. The Labute approximate surface area is 243 Å². The van der Waals surface area contributed by atoms with Crippen LogP contribution in [0.25, 0.3) is 11.2 Å².